The van der Waals surface area contributed by atoms with Crippen LogP contribution in [0.5, 0.6) is 0 Å². The van der Waals surface area contributed by atoms with E-state index in [9.17, 15) is 33.9 Å². The van der Waals surface area contributed by atoms with Crippen molar-refractivity contribution < 1.29 is 44.1 Å². The first-order valence-corrected chi connectivity index (χ1v) is 12.7. The van der Waals surface area contributed by atoms with Crippen LogP contribution in [0.15, 0.2) is 42.5 Å². The van der Waals surface area contributed by atoms with Crippen molar-refractivity contribution >= 4 is 46.5 Å². The lowest BCUT2D eigenvalue weighted by Crippen LogP contribution is -2.51. The van der Waals surface area contributed by atoms with Crippen molar-refractivity contribution in [1.29, 1.82) is 0 Å². The summed E-state index contributed by atoms with van der Waals surface area (Å²) in [5.74, 6) is -4.77. The molecule has 2 aromatic rings. The second-order valence-electron chi connectivity index (χ2n) is 9.26. The van der Waals surface area contributed by atoms with Gasteiger partial charge >= 0.3 is 23.9 Å². The minimum absolute atomic E-state index is 0.00228. The fraction of sp³-hybridized carbons (Fsp3) is 0.407. The van der Waals surface area contributed by atoms with Gasteiger partial charge in [-0.15, -0.1) is 0 Å². The van der Waals surface area contributed by atoms with Crippen molar-refractivity contribution in [2.75, 3.05) is 6.54 Å². The third-order valence-electron chi connectivity index (χ3n) is 6.02. The first-order chi connectivity index (χ1) is 19.0. The molecule has 0 saturated carbocycles. The van der Waals surface area contributed by atoms with Crippen molar-refractivity contribution in [3.8, 4) is 0 Å². The number of carboxylic acid groups (broad SMARTS) is 3. The van der Waals surface area contributed by atoms with Crippen molar-refractivity contribution in [2.45, 2.75) is 63.6 Å². The van der Waals surface area contributed by atoms with E-state index < -0.39 is 54.4 Å². The fourth-order valence-electron chi connectivity index (χ4n) is 4.01. The Balaban J connectivity index is 1.84. The lowest BCUT2D eigenvalue weighted by atomic mass is 10.0. The molecule has 0 fully saturated rings. The van der Waals surface area contributed by atoms with Crippen molar-refractivity contribution in [3.05, 3.63) is 48.0 Å². The van der Waals surface area contributed by atoms with Crippen LogP contribution < -0.4 is 21.3 Å². The Kier molecular flexibility index (Phi) is 12.4. The van der Waals surface area contributed by atoms with Crippen molar-refractivity contribution in [1.82, 2.24) is 21.3 Å². The smallest absolute Gasteiger partial charge is 0.326 e. The summed E-state index contributed by atoms with van der Waals surface area (Å²) >= 11 is 0. The number of rotatable bonds is 16. The molecule has 3 atom stereocenters. The predicted octanol–water partition coefficient (Wildman–Crippen LogP) is 1.24. The lowest BCUT2D eigenvalue weighted by Gasteiger charge is -2.19. The number of hydrogen-bond acceptors (Lipinski definition) is 6. The molecule has 2 aromatic carbocycles. The Labute approximate surface area is 230 Å². The molecule has 2 rings (SSSR count). The Bertz CT molecular complexity index is 1230. The van der Waals surface area contributed by atoms with Crippen LogP contribution in [0.1, 0.15) is 44.6 Å². The molecule has 0 spiro atoms. The van der Waals surface area contributed by atoms with Crippen LogP contribution in [-0.4, -0.2) is 75.7 Å². The monoisotopic (exact) mass is 558 g/mol. The van der Waals surface area contributed by atoms with Gasteiger partial charge in [-0.2, -0.15) is 0 Å². The standard InChI is InChI=1S/C27H34N4O9/c1-16(32)29-22(15-17-9-10-18-6-2-3-7-19(18)14-17)24(35)28-13-5-4-8-20(25(36)37)30-27(40)31-21(26(38)39)11-12-23(33)34/h2-3,6-7,9-10,14,20-22H,4-5,8,11-13,15H2,1H3,(H,28,35)(H,29,32)(H,33,34)(H,36,37)(H,38,39)(H2,30,31,40). The molecule has 4 amide bonds. The number of nitrogens with one attached hydrogen (secondary N) is 4. The summed E-state index contributed by atoms with van der Waals surface area (Å²) < 4.78 is 0. The number of unbranched alkanes of at least 4 members (excludes halogenated alkanes) is 1. The zero-order chi connectivity index (χ0) is 29.7. The van der Waals surface area contributed by atoms with Gasteiger partial charge in [0.05, 0.1) is 0 Å². The average Bonchev–Trinajstić information content (AvgIpc) is 2.88. The highest BCUT2D eigenvalue weighted by Gasteiger charge is 2.25. The maximum Gasteiger partial charge on any atom is 0.326 e. The third kappa shape index (κ3) is 11.0. The van der Waals surface area contributed by atoms with Gasteiger partial charge in [-0.25, -0.2) is 14.4 Å². The van der Waals surface area contributed by atoms with Crippen LogP contribution >= 0.6 is 0 Å². The van der Waals surface area contributed by atoms with Gasteiger partial charge in [0.25, 0.3) is 0 Å². The van der Waals surface area contributed by atoms with Crippen LogP contribution in [-0.2, 0) is 30.4 Å². The van der Waals surface area contributed by atoms with Crippen LogP contribution in [0, 0.1) is 0 Å². The Morgan fingerprint density at radius 3 is 1.98 bits per heavy atom. The quantitative estimate of drug-likeness (QED) is 0.148. The summed E-state index contributed by atoms with van der Waals surface area (Å²) in [5.41, 5.74) is 0.870. The minimum atomic E-state index is -1.49. The number of amides is 4. The van der Waals surface area contributed by atoms with Gasteiger partial charge in [0, 0.05) is 26.3 Å². The number of fused-ring (bicyclic) bond motifs is 1. The van der Waals surface area contributed by atoms with Crippen molar-refractivity contribution in [3.63, 3.8) is 0 Å². The highest BCUT2D eigenvalue weighted by atomic mass is 16.4. The molecule has 0 aliphatic heterocycles. The second kappa shape index (κ2) is 15.7. The van der Waals surface area contributed by atoms with E-state index in [0.29, 0.717) is 12.8 Å². The van der Waals surface area contributed by atoms with Crippen molar-refractivity contribution in [2.24, 2.45) is 0 Å². The first kappa shape index (κ1) is 31.5. The molecule has 0 aliphatic rings. The van der Waals surface area contributed by atoms with Gasteiger partial charge in [0.1, 0.15) is 18.1 Å². The Morgan fingerprint density at radius 2 is 1.38 bits per heavy atom. The van der Waals surface area contributed by atoms with E-state index >= 15 is 0 Å². The SMILES string of the molecule is CC(=O)NC(Cc1ccc2ccccc2c1)C(=O)NCCCCC(NC(=O)NC(CCC(=O)O)C(=O)O)C(=O)O. The van der Waals surface area contributed by atoms with Crippen LogP contribution in [0.25, 0.3) is 10.8 Å². The molecule has 40 heavy (non-hydrogen) atoms. The van der Waals surface area contributed by atoms with Gasteiger partial charge < -0.3 is 36.6 Å². The van der Waals surface area contributed by atoms with Gasteiger partial charge in [0.15, 0.2) is 0 Å². The Morgan fingerprint density at radius 1 is 0.750 bits per heavy atom. The maximum absolute atomic E-state index is 12.8. The van der Waals surface area contributed by atoms with Gasteiger partial charge in [-0.1, -0.05) is 42.5 Å². The molecule has 3 unspecified atom stereocenters. The fourth-order valence-corrected chi connectivity index (χ4v) is 4.01. The van der Waals surface area contributed by atoms with Crippen LogP contribution in [0.4, 0.5) is 4.79 Å². The summed E-state index contributed by atoms with van der Waals surface area (Å²) in [6.07, 6.45) is 0.0937. The summed E-state index contributed by atoms with van der Waals surface area (Å²) in [6, 6.07) is 8.89. The van der Waals surface area contributed by atoms with E-state index in [2.05, 4.69) is 21.3 Å². The predicted molar refractivity (Wildman–Crippen MR) is 144 cm³/mol. The number of urea groups is 1. The molecule has 13 heteroatoms. The molecule has 7 N–H and O–H groups in total. The van der Waals surface area contributed by atoms with E-state index in [0.717, 1.165) is 16.3 Å². The van der Waals surface area contributed by atoms with Gasteiger partial charge in [0.2, 0.25) is 11.8 Å². The molecule has 0 bridgehead atoms. The molecule has 0 aromatic heterocycles. The van der Waals surface area contributed by atoms with Crippen LogP contribution in [0.3, 0.4) is 0 Å². The first-order valence-electron chi connectivity index (χ1n) is 12.7. The highest BCUT2D eigenvalue weighted by molar-refractivity contribution is 5.88. The highest BCUT2D eigenvalue weighted by Crippen LogP contribution is 2.17. The summed E-state index contributed by atoms with van der Waals surface area (Å²) in [5, 5.41) is 38.9. The molecule has 0 aliphatic carbocycles. The topological polar surface area (TPSA) is 211 Å². The zero-order valence-electron chi connectivity index (χ0n) is 22.0. The summed E-state index contributed by atoms with van der Waals surface area (Å²) in [4.78, 5) is 70.0. The number of carbonyl (C=O) groups is 6. The largest absolute Gasteiger partial charge is 0.481 e. The molecule has 0 heterocycles. The summed E-state index contributed by atoms with van der Waals surface area (Å²) in [7, 11) is 0. The van der Waals surface area contributed by atoms with Gasteiger partial charge in [-0.3, -0.25) is 14.4 Å². The number of hydrogen-bond donors (Lipinski definition) is 7. The molecule has 0 saturated heterocycles. The number of carbonyl (C=O) groups excluding carboxylic acids is 3. The third-order valence-corrected chi connectivity index (χ3v) is 6.02. The van der Waals surface area contributed by atoms with E-state index in [-0.39, 0.29) is 31.7 Å². The van der Waals surface area contributed by atoms with E-state index in [4.69, 9.17) is 10.2 Å². The number of carboxylic acids is 3. The molecular formula is C27H34N4O9. The molecular weight excluding hydrogens is 524 g/mol. The second-order valence-corrected chi connectivity index (χ2v) is 9.26. The average molecular weight is 559 g/mol. The molecule has 13 nitrogen and oxygen atoms in total. The minimum Gasteiger partial charge on any atom is -0.481 e. The molecule has 0 radical (unpaired) electrons. The zero-order valence-corrected chi connectivity index (χ0v) is 22.0. The van der Waals surface area contributed by atoms with Gasteiger partial charge in [-0.05, 0) is 42.0 Å². The number of aliphatic carboxylic acids is 3. The van der Waals surface area contributed by atoms with Crippen LogP contribution in [0.2, 0.25) is 0 Å². The number of benzene rings is 2. The van der Waals surface area contributed by atoms with E-state index in [1.54, 1.807) is 0 Å². The summed E-state index contributed by atoms with van der Waals surface area (Å²) in [6.45, 7) is 1.52. The van der Waals surface area contributed by atoms with E-state index in [1.807, 2.05) is 42.5 Å². The molecule has 216 valence electrons. The lowest BCUT2D eigenvalue weighted by molar-refractivity contribution is -0.141. The normalized spacial score (nSPS) is 12.9. The maximum atomic E-state index is 12.8. The van der Waals surface area contributed by atoms with E-state index in [1.165, 1.54) is 6.92 Å². The Hall–Kier alpha value is -4.68.